The standard InChI is InChI=1S/C21H18Cl2N2O2S2.C15H15ClN2S.ClH/c22-15-6-9-17(10-7-15)29(26,27)24-12-3-13-25-18-4-1-2-5-20(18)28-21-11-8-16(23)14-19(21)25;16-11-6-7-15-13(10-11)18(9-3-8-17)12-4-1-2-5-14(12)19-15;/h1-2,4-11,14,24H,3,12-13H2;1-2,4-7,10H,3,8-9,17H2;1H. The Morgan fingerprint density at radius 2 is 1.04 bits per heavy atom. The van der Waals surface area contributed by atoms with Gasteiger partial charge in [0, 0.05) is 54.3 Å². The van der Waals surface area contributed by atoms with Crippen molar-refractivity contribution in [3.8, 4) is 0 Å². The minimum Gasteiger partial charge on any atom is -0.340 e. The maximum atomic E-state index is 12.4. The Balaban J connectivity index is 0.000000203. The van der Waals surface area contributed by atoms with Gasteiger partial charge in [-0.25, -0.2) is 13.1 Å². The second-order valence-corrected chi connectivity index (χ2v) is 16.3. The van der Waals surface area contributed by atoms with E-state index in [1.54, 1.807) is 35.7 Å². The molecule has 0 amide bonds. The largest absolute Gasteiger partial charge is 0.340 e. The fourth-order valence-electron chi connectivity index (χ4n) is 5.48. The minimum absolute atomic E-state index is 0. The molecule has 0 saturated carbocycles. The van der Waals surface area contributed by atoms with Gasteiger partial charge in [0.1, 0.15) is 0 Å². The highest BCUT2D eigenvalue weighted by atomic mass is 35.5. The molecule has 5 aromatic carbocycles. The Labute approximate surface area is 317 Å². The Morgan fingerprint density at radius 3 is 1.55 bits per heavy atom. The van der Waals surface area contributed by atoms with E-state index < -0.39 is 10.0 Å². The second-order valence-electron chi connectivity index (χ2n) is 11.0. The Morgan fingerprint density at radius 1 is 0.592 bits per heavy atom. The van der Waals surface area contributed by atoms with Gasteiger partial charge in [0.15, 0.2) is 0 Å². The predicted molar refractivity (Wildman–Crippen MR) is 210 cm³/mol. The van der Waals surface area contributed by atoms with Crippen LogP contribution in [0.2, 0.25) is 15.1 Å². The zero-order chi connectivity index (χ0) is 33.7. The highest BCUT2D eigenvalue weighted by Crippen LogP contribution is 2.50. The summed E-state index contributed by atoms with van der Waals surface area (Å²) < 4.78 is 27.6. The van der Waals surface area contributed by atoms with E-state index in [9.17, 15) is 8.42 Å². The van der Waals surface area contributed by atoms with Gasteiger partial charge in [-0.1, -0.05) is 82.6 Å². The van der Waals surface area contributed by atoms with Crippen LogP contribution in [0.1, 0.15) is 12.8 Å². The Hall–Kier alpha value is -2.57. The number of halogens is 4. The van der Waals surface area contributed by atoms with Crippen molar-refractivity contribution in [1.29, 1.82) is 0 Å². The average molecular weight is 793 g/mol. The van der Waals surface area contributed by atoms with Gasteiger partial charge in [-0.15, -0.1) is 12.4 Å². The van der Waals surface area contributed by atoms with Crippen LogP contribution in [0.5, 0.6) is 0 Å². The van der Waals surface area contributed by atoms with Crippen LogP contribution in [-0.4, -0.2) is 34.6 Å². The number of nitrogens with one attached hydrogen (secondary N) is 1. The van der Waals surface area contributed by atoms with Gasteiger partial charge in [-0.2, -0.15) is 0 Å². The zero-order valence-electron chi connectivity index (χ0n) is 26.2. The van der Waals surface area contributed by atoms with Gasteiger partial charge < -0.3 is 15.5 Å². The summed E-state index contributed by atoms with van der Waals surface area (Å²) in [4.78, 5) is 9.57. The zero-order valence-corrected chi connectivity index (χ0v) is 31.7. The highest BCUT2D eigenvalue weighted by molar-refractivity contribution is 8.00. The van der Waals surface area contributed by atoms with Gasteiger partial charge in [0.2, 0.25) is 10.0 Å². The maximum absolute atomic E-state index is 12.4. The summed E-state index contributed by atoms with van der Waals surface area (Å²) >= 11 is 21.7. The van der Waals surface area contributed by atoms with Crippen molar-refractivity contribution in [2.24, 2.45) is 5.73 Å². The molecule has 0 atom stereocenters. The van der Waals surface area contributed by atoms with Crippen LogP contribution in [0.25, 0.3) is 0 Å². The van der Waals surface area contributed by atoms with Crippen molar-refractivity contribution >= 4 is 104 Å². The number of nitrogens with zero attached hydrogens (tertiary/aromatic N) is 2. The number of sulfonamides is 1. The average Bonchev–Trinajstić information content (AvgIpc) is 3.09. The fraction of sp³-hybridized carbons (Fsp3) is 0.167. The molecule has 0 fully saturated rings. The second kappa shape index (κ2) is 17.1. The highest BCUT2D eigenvalue weighted by Gasteiger charge is 2.24. The van der Waals surface area contributed by atoms with Crippen molar-refractivity contribution in [3.63, 3.8) is 0 Å². The molecular formula is C36H34Cl4N4O2S3. The van der Waals surface area contributed by atoms with Crippen molar-refractivity contribution in [2.45, 2.75) is 37.3 Å². The van der Waals surface area contributed by atoms with Crippen LogP contribution in [-0.2, 0) is 10.0 Å². The first-order valence-corrected chi connectivity index (χ1v) is 19.6. The first-order valence-electron chi connectivity index (χ1n) is 15.4. The minimum atomic E-state index is -3.56. The van der Waals surface area contributed by atoms with Crippen molar-refractivity contribution in [2.75, 3.05) is 36.0 Å². The van der Waals surface area contributed by atoms with Gasteiger partial charge in [-0.05, 0) is 104 Å². The third-order valence-corrected chi connectivity index (χ3v) is 12.2. The first kappa shape index (κ1) is 37.7. The number of hydrogen-bond donors (Lipinski definition) is 2. The smallest absolute Gasteiger partial charge is 0.240 e. The van der Waals surface area contributed by atoms with E-state index in [4.69, 9.17) is 40.5 Å². The topological polar surface area (TPSA) is 78.7 Å². The number of fused-ring (bicyclic) bond motifs is 4. The lowest BCUT2D eigenvalue weighted by Gasteiger charge is -2.33. The number of hydrogen-bond acceptors (Lipinski definition) is 7. The molecule has 0 aromatic heterocycles. The van der Waals surface area contributed by atoms with Crippen molar-refractivity contribution < 1.29 is 8.42 Å². The van der Waals surface area contributed by atoms with Crippen LogP contribution in [0, 0.1) is 0 Å². The third-order valence-electron chi connectivity index (χ3n) is 7.74. The molecule has 256 valence electrons. The molecule has 0 saturated heterocycles. The Kier molecular flexibility index (Phi) is 13.1. The lowest BCUT2D eigenvalue weighted by molar-refractivity contribution is 0.579. The summed E-state index contributed by atoms with van der Waals surface area (Å²) in [6.07, 6.45) is 1.60. The van der Waals surface area contributed by atoms with E-state index in [2.05, 4.69) is 57.0 Å². The van der Waals surface area contributed by atoms with Crippen LogP contribution >= 0.6 is 70.7 Å². The van der Waals surface area contributed by atoms with Gasteiger partial charge in [0.25, 0.3) is 0 Å². The lowest BCUT2D eigenvalue weighted by atomic mass is 10.2. The number of para-hydroxylation sites is 2. The SMILES string of the molecule is Cl.NCCCN1c2ccccc2Sc2ccc(Cl)cc21.O=S(=O)(NCCCN1c2ccccc2Sc2ccc(Cl)cc21)c1ccc(Cl)cc1. The van der Waals surface area contributed by atoms with Gasteiger partial charge in [0.05, 0.1) is 27.6 Å². The summed E-state index contributed by atoms with van der Waals surface area (Å²) in [6.45, 7) is 2.60. The van der Waals surface area contributed by atoms with Crippen molar-refractivity contribution in [3.05, 3.63) is 124 Å². The van der Waals surface area contributed by atoms with Crippen LogP contribution in [0.3, 0.4) is 0 Å². The van der Waals surface area contributed by atoms with E-state index in [1.165, 1.54) is 38.2 Å². The van der Waals surface area contributed by atoms with E-state index in [1.807, 2.05) is 42.5 Å². The van der Waals surface area contributed by atoms with E-state index in [0.717, 1.165) is 34.3 Å². The van der Waals surface area contributed by atoms with Crippen LogP contribution < -0.4 is 20.3 Å². The Bertz CT molecular complexity index is 2020. The quantitative estimate of drug-likeness (QED) is 0.144. The van der Waals surface area contributed by atoms with Crippen LogP contribution in [0.4, 0.5) is 22.7 Å². The molecule has 2 heterocycles. The van der Waals surface area contributed by atoms with Crippen LogP contribution in [0.15, 0.2) is 134 Å². The third kappa shape index (κ3) is 9.03. The fourth-order valence-corrected chi connectivity index (χ4v) is 9.16. The normalized spacial score (nSPS) is 12.8. The monoisotopic (exact) mass is 790 g/mol. The molecule has 6 nitrogen and oxygen atoms in total. The molecule has 7 rings (SSSR count). The molecule has 5 aromatic rings. The maximum Gasteiger partial charge on any atom is 0.240 e. The number of benzene rings is 5. The molecular weight excluding hydrogens is 758 g/mol. The lowest BCUT2D eigenvalue weighted by Crippen LogP contribution is -2.29. The molecule has 0 spiro atoms. The summed E-state index contributed by atoms with van der Waals surface area (Å²) in [7, 11) is -3.56. The van der Waals surface area contributed by atoms with Gasteiger partial charge >= 0.3 is 0 Å². The molecule has 0 bridgehead atoms. The summed E-state index contributed by atoms with van der Waals surface area (Å²) in [5, 5.41) is 1.96. The number of rotatable bonds is 9. The van der Waals surface area contributed by atoms with E-state index in [-0.39, 0.29) is 17.3 Å². The molecule has 3 N–H and O–H groups in total. The van der Waals surface area contributed by atoms with E-state index >= 15 is 0 Å². The molecule has 2 aliphatic heterocycles. The molecule has 0 unspecified atom stereocenters. The summed E-state index contributed by atoms with van der Waals surface area (Å²) in [6, 6.07) is 34.7. The molecule has 49 heavy (non-hydrogen) atoms. The molecule has 13 heteroatoms. The summed E-state index contributed by atoms with van der Waals surface area (Å²) in [5.74, 6) is 0. The molecule has 0 radical (unpaired) electrons. The van der Waals surface area contributed by atoms with Crippen molar-refractivity contribution in [1.82, 2.24) is 4.72 Å². The number of nitrogens with two attached hydrogens (primary N) is 1. The number of anilines is 4. The summed E-state index contributed by atoms with van der Waals surface area (Å²) in [5.41, 5.74) is 10.2. The predicted octanol–water partition coefficient (Wildman–Crippen LogP) is 10.7. The van der Waals surface area contributed by atoms with Gasteiger partial charge in [-0.3, -0.25) is 0 Å². The molecule has 2 aliphatic rings. The first-order chi connectivity index (χ1) is 23.2. The molecule has 0 aliphatic carbocycles. The van der Waals surface area contributed by atoms with E-state index in [0.29, 0.717) is 36.1 Å².